The zero-order valence-corrected chi connectivity index (χ0v) is 29.9. The molecule has 3 aliphatic heterocycles. The zero-order valence-electron chi connectivity index (χ0n) is 28.3. The predicted octanol–water partition coefficient (Wildman–Crippen LogP) is 4.62. The van der Waals surface area contributed by atoms with Gasteiger partial charge in [-0.1, -0.05) is 18.2 Å². The number of amides is 3. The molecule has 0 spiro atoms. The van der Waals surface area contributed by atoms with Gasteiger partial charge in [0.15, 0.2) is 11.6 Å². The molecule has 3 aliphatic rings. The van der Waals surface area contributed by atoms with E-state index < -0.39 is 21.6 Å². The summed E-state index contributed by atoms with van der Waals surface area (Å²) in [5.74, 6) is 0.551. The summed E-state index contributed by atoms with van der Waals surface area (Å²) in [5.41, 5.74) is -0.796. The van der Waals surface area contributed by atoms with Crippen LogP contribution in [-0.4, -0.2) is 93.6 Å². The summed E-state index contributed by atoms with van der Waals surface area (Å²) in [6.07, 6.45) is 5.33. The Morgan fingerprint density at radius 1 is 1.00 bits per heavy atom. The maximum atomic E-state index is 13.6. The molecule has 52 heavy (non-hydrogen) atoms. The van der Waals surface area contributed by atoms with E-state index in [2.05, 4.69) is 47.5 Å². The number of hydrogen-bond donors (Lipinski definition) is 2. The Morgan fingerprint density at radius 2 is 1.73 bits per heavy atom. The Labute approximate surface area is 304 Å². The SMILES string of the molecule is Cn1nc(N2CCC(=O)NC2=O)c2ccc(C3CCN(Cc4cccc(S(=O)(=O)N5CCC(Nc6ncc(OC(F)(F)Cl)cn6)CC5)c4)CC3)cc21. The third-order valence-corrected chi connectivity index (χ3v) is 11.8. The minimum absolute atomic E-state index is 0.0960. The van der Waals surface area contributed by atoms with Crippen LogP contribution in [0.25, 0.3) is 10.9 Å². The Balaban J connectivity index is 0.920. The van der Waals surface area contributed by atoms with Crippen molar-refractivity contribution >= 4 is 56.2 Å². The number of carbonyl (C=O) groups is 2. The molecule has 0 unspecified atom stereocenters. The molecule has 0 saturated carbocycles. The van der Waals surface area contributed by atoms with Crippen molar-refractivity contribution < 1.29 is 31.5 Å². The number of benzene rings is 2. The zero-order chi connectivity index (χ0) is 36.6. The number of anilines is 2. The number of sulfonamides is 1. The molecule has 7 rings (SSSR count). The highest BCUT2D eigenvalue weighted by atomic mass is 35.5. The molecule has 14 nitrogen and oxygen atoms in total. The lowest BCUT2D eigenvalue weighted by Gasteiger charge is -2.33. The molecule has 3 saturated heterocycles. The molecule has 3 fully saturated rings. The molecular weight excluding hydrogens is 720 g/mol. The Kier molecular flexibility index (Phi) is 10.0. The summed E-state index contributed by atoms with van der Waals surface area (Å²) in [5, 5.41) is 10.9. The highest BCUT2D eigenvalue weighted by molar-refractivity contribution is 7.89. The van der Waals surface area contributed by atoms with Gasteiger partial charge in [-0.3, -0.25) is 24.6 Å². The lowest BCUT2D eigenvalue weighted by atomic mass is 9.89. The number of aryl methyl sites for hydroxylation is 1. The number of piperidine rings is 2. The van der Waals surface area contributed by atoms with E-state index in [0.717, 1.165) is 54.8 Å². The molecule has 276 valence electrons. The fourth-order valence-corrected chi connectivity index (χ4v) is 8.74. The number of imide groups is 1. The molecule has 0 radical (unpaired) electrons. The van der Waals surface area contributed by atoms with Crippen molar-refractivity contribution in [3.8, 4) is 5.75 Å². The topological polar surface area (TPSA) is 155 Å². The fourth-order valence-electron chi connectivity index (χ4n) is 7.11. The summed E-state index contributed by atoms with van der Waals surface area (Å²) in [7, 11) is -1.86. The van der Waals surface area contributed by atoms with E-state index in [1.807, 2.05) is 19.2 Å². The van der Waals surface area contributed by atoms with Gasteiger partial charge >= 0.3 is 11.6 Å². The first-order valence-electron chi connectivity index (χ1n) is 17.1. The average Bonchev–Trinajstić information content (AvgIpc) is 3.44. The van der Waals surface area contributed by atoms with Gasteiger partial charge in [-0.2, -0.15) is 9.40 Å². The molecule has 5 heterocycles. The molecule has 18 heteroatoms. The van der Waals surface area contributed by atoms with Gasteiger partial charge in [0.2, 0.25) is 21.9 Å². The van der Waals surface area contributed by atoms with Gasteiger partial charge < -0.3 is 10.1 Å². The van der Waals surface area contributed by atoms with Crippen LogP contribution in [0.1, 0.15) is 49.1 Å². The van der Waals surface area contributed by atoms with Crippen LogP contribution < -0.4 is 20.3 Å². The summed E-state index contributed by atoms with van der Waals surface area (Å²) >= 11 is 4.78. The van der Waals surface area contributed by atoms with Gasteiger partial charge in [0.1, 0.15) is 0 Å². The molecule has 0 aliphatic carbocycles. The number of nitrogens with zero attached hydrogens (tertiary/aromatic N) is 7. The number of carbonyl (C=O) groups excluding carboxylic acids is 2. The number of alkyl halides is 3. The maximum Gasteiger partial charge on any atom is 0.487 e. The average molecular weight is 758 g/mol. The van der Waals surface area contributed by atoms with Gasteiger partial charge in [-0.05, 0) is 80.1 Å². The molecule has 0 atom stereocenters. The molecule has 4 aromatic rings. The molecule has 0 bridgehead atoms. The van der Waals surface area contributed by atoms with Crippen molar-refractivity contribution in [2.75, 3.05) is 42.9 Å². The monoisotopic (exact) mass is 757 g/mol. The molecular formula is C34H38ClF2N9O5S. The van der Waals surface area contributed by atoms with Gasteiger partial charge in [0.25, 0.3) is 0 Å². The highest BCUT2D eigenvalue weighted by Crippen LogP contribution is 2.34. The number of fused-ring (bicyclic) bond motifs is 1. The van der Waals surface area contributed by atoms with Gasteiger partial charge in [-0.15, -0.1) is 8.78 Å². The van der Waals surface area contributed by atoms with Gasteiger partial charge in [0, 0.05) is 62.7 Å². The van der Waals surface area contributed by atoms with Crippen molar-refractivity contribution in [3.05, 3.63) is 66.0 Å². The van der Waals surface area contributed by atoms with Crippen molar-refractivity contribution in [2.24, 2.45) is 7.05 Å². The van der Waals surface area contributed by atoms with Crippen LogP contribution in [0.15, 0.2) is 59.8 Å². The summed E-state index contributed by atoms with van der Waals surface area (Å²) in [4.78, 5) is 36.2. The second-order valence-electron chi connectivity index (χ2n) is 13.3. The molecule has 3 amide bonds. The highest BCUT2D eigenvalue weighted by Gasteiger charge is 2.32. The first-order valence-corrected chi connectivity index (χ1v) is 18.9. The lowest BCUT2D eigenvalue weighted by Crippen LogP contribution is -2.49. The van der Waals surface area contributed by atoms with Crippen molar-refractivity contribution in [1.29, 1.82) is 0 Å². The van der Waals surface area contributed by atoms with E-state index in [9.17, 15) is 26.8 Å². The summed E-state index contributed by atoms with van der Waals surface area (Å²) in [6.45, 7) is 3.25. The number of urea groups is 1. The number of nitrogens with one attached hydrogen (secondary N) is 2. The normalized spacial score (nSPS) is 18.9. The third kappa shape index (κ3) is 7.96. The standard InChI is InChI=1S/C34H38ClF2N9O5S/c1-43-29-18-24(5-6-28(29)31(42-43)46-16-11-30(47)41-33(46)48)23-7-12-44(13-8-23)21-22-3-2-4-27(17-22)52(49,50)45-14-9-25(10-15-45)40-32-38-19-26(20-39-32)51-34(35,36)37/h2-6,17-20,23,25H,7-16,21H2,1H3,(H,38,39,40)(H,41,47,48). The first kappa shape index (κ1) is 35.9. The van der Waals surface area contributed by atoms with Crippen LogP contribution in [0.5, 0.6) is 5.75 Å². The van der Waals surface area contributed by atoms with Crippen LogP contribution in [0.3, 0.4) is 0 Å². The molecule has 2 N–H and O–H groups in total. The van der Waals surface area contributed by atoms with Crippen LogP contribution in [0.4, 0.5) is 25.3 Å². The first-order chi connectivity index (χ1) is 24.8. The number of halogens is 3. The van der Waals surface area contributed by atoms with Crippen LogP contribution in [0.2, 0.25) is 0 Å². The predicted molar refractivity (Wildman–Crippen MR) is 189 cm³/mol. The summed E-state index contributed by atoms with van der Waals surface area (Å²) < 4.78 is 60.4. The number of ether oxygens (including phenoxy) is 1. The van der Waals surface area contributed by atoms with Crippen molar-refractivity contribution in [3.63, 3.8) is 0 Å². The van der Waals surface area contributed by atoms with E-state index >= 15 is 0 Å². The van der Waals surface area contributed by atoms with E-state index in [4.69, 9.17) is 11.6 Å². The van der Waals surface area contributed by atoms with Gasteiger partial charge in [0.05, 0.1) is 22.8 Å². The van der Waals surface area contributed by atoms with E-state index in [0.29, 0.717) is 50.8 Å². The number of hydrogen-bond acceptors (Lipinski definition) is 10. The number of rotatable bonds is 10. The number of likely N-dealkylation sites (tertiary alicyclic amines) is 1. The summed E-state index contributed by atoms with van der Waals surface area (Å²) in [6, 6.07) is 12.8. The van der Waals surface area contributed by atoms with Crippen molar-refractivity contribution in [1.82, 2.24) is 34.3 Å². The lowest BCUT2D eigenvalue weighted by molar-refractivity contribution is -0.120. The minimum atomic E-state index is -3.86. The Hall–Kier alpha value is -4.45. The van der Waals surface area contributed by atoms with E-state index in [1.165, 1.54) is 14.8 Å². The molecule has 2 aromatic carbocycles. The largest absolute Gasteiger partial charge is 0.487 e. The second-order valence-corrected chi connectivity index (χ2v) is 15.7. The maximum absolute atomic E-state index is 13.6. The quantitative estimate of drug-likeness (QED) is 0.219. The second kappa shape index (κ2) is 14.5. The van der Waals surface area contributed by atoms with Crippen molar-refractivity contribution in [2.45, 2.75) is 61.1 Å². The smallest absolute Gasteiger partial charge is 0.417 e. The Morgan fingerprint density at radius 3 is 2.42 bits per heavy atom. The van der Waals surface area contributed by atoms with Crippen LogP contribution in [0, 0.1) is 0 Å². The van der Waals surface area contributed by atoms with Gasteiger partial charge in [-0.25, -0.2) is 23.2 Å². The fraction of sp³-hybridized carbons (Fsp3) is 0.441. The van der Waals surface area contributed by atoms with Crippen LogP contribution >= 0.6 is 11.6 Å². The Bertz CT molecular complexity index is 2060. The third-order valence-electron chi connectivity index (χ3n) is 9.82. The molecule has 2 aromatic heterocycles. The number of aromatic nitrogens is 4. The van der Waals surface area contributed by atoms with E-state index in [1.54, 1.807) is 22.9 Å². The van der Waals surface area contributed by atoms with Crippen LogP contribution in [-0.2, 0) is 28.4 Å². The van der Waals surface area contributed by atoms with E-state index in [-0.39, 0.29) is 35.0 Å². The minimum Gasteiger partial charge on any atom is -0.417 e.